The number of nitrogens with one attached hydrogen (secondary N) is 2. The molecule has 0 aliphatic carbocycles. The van der Waals surface area contributed by atoms with Crippen LogP contribution in [0.3, 0.4) is 0 Å². The SMILES string of the molecule is CCOC1=NC(c2nc3nnc(NS(=O)(=O)C4CCOCN4)cc3n2-c2c(O)cccc2OC)=C=C=C1. The summed E-state index contributed by atoms with van der Waals surface area (Å²) in [4.78, 5) is 9.00. The Hall–Kier alpha value is -4.19. The molecule has 192 valence electrons. The number of nitrogens with zero attached hydrogens (tertiary/aromatic N) is 5. The zero-order chi connectivity index (χ0) is 26.0. The van der Waals surface area contributed by atoms with E-state index in [2.05, 4.69) is 41.7 Å². The van der Waals surface area contributed by atoms with Gasteiger partial charge in [0.15, 0.2) is 17.3 Å². The lowest BCUT2D eigenvalue weighted by Gasteiger charge is -2.23. The number of sulfonamides is 1. The number of anilines is 1. The first-order chi connectivity index (χ1) is 17.9. The molecule has 14 heteroatoms. The number of aromatic hydroxyl groups is 1. The fourth-order valence-corrected chi connectivity index (χ4v) is 5.11. The zero-order valence-corrected chi connectivity index (χ0v) is 20.7. The first-order valence-corrected chi connectivity index (χ1v) is 12.8. The van der Waals surface area contributed by atoms with Crippen LogP contribution in [0.15, 0.2) is 46.8 Å². The molecule has 1 saturated heterocycles. The van der Waals surface area contributed by atoms with Gasteiger partial charge in [0.2, 0.25) is 21.6 Å². The molecule has 2 aliphatic heterocycles. The van der Waals surface area contributed by atoms with E-state index in [9.17, 15) is 13.5 Å². The summed E-state index contributed by atoms with van der Waals surface area (Å²) >= 11 is 0. The standard InChI is InChI=1S/C23H23N7O6S/c1-3-36-19-9-4-6-14(25-19)23-26-22-15(30(23)21-16(31)7-5-8-17(21)34-2)12-18(27-28-22)29-37(32,33)20-10-11-35-13-24-20/h5,7-9,12,20,24,31H,3,10-11,13H2,1-2H3,(H,27,29). The summed E-state index contributed by atoms with van der Waals surface area (Å²) in [6, 6.07) is 6.25. The van der Waals surface area contributed by atoms with Crippen LogP contribution in [0, 0.1) is 0 Å². The number of hydrogen-bond donors (Lipinski definition) is 3. The third kappa shape index (κ3) is 4.79. The number of rotatable bonds is 7. The highest BCUT2D eigenvalue weighted by Crippen LogP contribution is 2.37. The predicted molar refractivity (Wildman–Crippen MR) is 134 cm³/mol. The van der Waals surface area contributed by atoms with Gasteiger partial charge in [-0.05, 0) is 24.8 Å². The molecule has 1 fully saturated rings. The quantitative estimate of drug-likeness (QED) is 0.387. The number of benzene rings is 1. The Morgan fingerprint density at radius 1 is 1.35 bits per heavy atom. The molecule has 2 aromatic heterocycles. The molecule has 1 aromatic carbocycles. The normalized spacial score (nSPS) is 17.4. The van der Waals surface area contributed by atoms with Crippen LogP contribution in [0.4, 0.5) is 5.82 Å². The summed E-state index contributed by atoms with van der Waals surface area (Å²) in [5.74, 6) is 0.719. The van der Waals surface area contributed by atoms with Crippen molar-refractivity contribution >= 4 is 38.6 Å². The van der Waals surface area contributed by atoms with Crippen LogP contribution >= 0.6 is 0 Å². The van der Waals surface area contributed by atoms with Crippen LogP contribution in [0.2, 0.25) is 0 Å². The summed E-state index contributed by atoms with van der Waals surface area (Å²) < 4.78 is 46.0. The molecule has 3 aromatic rings. The molecular formula is C23H23N7O6S. The Kier molecular flexibility index (Phi) is 6.66. The summed E-state index contributed by atoms with van der Waals surface area (Å²) in [6.45, 7) is 2.66. The Morgan fingerprint density at radius 3 is 2.97 bits per heavy atom. The molecule has 4 heterocycles. The molecule has 1 unspecified atom stereocenters. The lowest BCUT2D eigenvalue weighted by molar-refractivity contribution is 0.0767. The van der Waals surface area contributed by atoms with Gasteiger partial charge in [0.1, 0.15) is 22.6 Å². The fourth-order valence-electron chi connectivity index (χ4n) is 3.88. The maximum Gasteiger partial charge on any atom is 0.250 e. The summed E-state index contributed by atoms with van der Waals surface area (Å²) in [5, 5.41) is 20.9. The molecule has 13 nitrogen and oxygen atoms in total. The Morgan fingerprint density at radius 2 is 2.22 bits per heavy atom. The van der Waals surface area contributed by atoms with E-state index in [-0.39, 0.29) is 47.6 Å². The number of ether oxygens (including phenoxy) is 3. The van der Waals surface area contributed by atoms with E-state index >= 15 is 0 Å². The second-order valence-corrected chi connectivity index (χ2v) is 9.73. The average Bonchev–Trinajstić information content (AvgIpc) is 3.27. The molecule has 0 saturated carbocycles. The number of methoxy groups -OCH3 is 1. The monoisotopic (exact) mass is 525 g/mol. The number of aliphatic imine (C=N–C) groups is 1. The number of fused-ring (bicyclic) bond motifs is 1. The van der Waals surface area contributed by atoms with Crippen molar-refractivity contribution in [1.82, 2.24) is 25.1 Å². The summed E-state index contributed by atoms with van der Waals surface area (Å²) in [5.41, 5.74) is 6.76. The molecule has 3 N–H and O–H groups in total. The first kappa shape index (κ1) is 24.5. The maximum atomic E-state index is 12.9. The molecule has 0 bridgehead atoms. The molecule has 0 spiro atoms. The zero-order valence-electron chi connectivity index (χ0n) is 19.9. The highest BCUT2D eigenvalue weighted by Gasteiger charge is 2.29. The number of imidazole rings is 1. The van der Waals surface area contributed by atoms with Crippen molar-refractivity contribution in [1.29, 1.82) is 0 Å². The molecule has 37 heavy (non-hydrogen) atoms. The third-order valence-corrected chi connectivity index (χ3v) is 7.16. The van der Waals surface area contributed by atoms with E-state index in [1.54, 1.807) is 16.7 Å². The number of hydrogen-bond acceptors (Lipinski definition) is 11. The van der Waals surface area contributed by atoms with Crippen LogP contribution in [0.5, 0.6) is 11.5 Å². The van der Waals surface area contributed by atoms with Gasteiger partial charge in [0, 0.05) is 12.5 Å². The summed E-state index contributed by atoms with van der Waals surface area (Å²) in [7, 11) is -2.38. The van der Waals surface area contributed by atoms with Crippen molar-refractivity contribution in [3.8, 4) is 17.2 Å². The molecule has 5 rings (SSSR count). The van der Waals surface area contributed by atoms with Gasteiger partial charge < -0.3 is 19.3 Å². The van der Waals surface area contributed by atoms with Crippen molar-refractivity contribution in [3.63, 3.8) is 0 Å². The van der Waals surface area contributed by atoms with Gasteiger partial charge in [-0.15, -0.1) is 10.2 Å². The largest absolute Gasteiger partial charge is 0.506 e. The van der Waals surface area contributed by atoms with Crippen LogP contribution in [-0.4, -0.2) is 71.6 Å². The third-order valence-electron chi connectivity index (χ3n) is 5.51. The van der Waals surface area contributed by atoms with Gasteiger partial charge >= 0.3 is 0 Å². The summed E-state index contributed by atoms with van der Waals surface area (Å²) in [6.07, 6.45) is 1.81. The van der Waals surface area contributed by atoms with Gasteiger partial charge in [0.25, 0.3) is 0 Å². The van der Waals surface area contributed by atoms with E-state index in [1.165, 1.54) is 25.3 Å². The lowest BCUT2D eigenvalue weighted by atomic mass is 10.2. The molecule has 2 aliphatic rings. The number of phenols is 1. The minimum atomic E-state index is -3.85. The van der Waals surface area contributed by atoms with Gasteiger partial charge in [-0.25, -0.2) is 18.4 Å². The van der Waals surface area contributed by atoms with Crippen molar-refractivity contribution in [2.75, 3.05) is 31.8 Å². The molecule has 1 atom stereocenters. The van der Waals surface area contributed by atoms with Crippen molar-refractivity contribution < 1.29 is 27.7 Å². The lowest BCUT2D eigenvalue weighted by Crippen LogP contribution is -2.45. The molecule has 0 amide bonds. The van der Waals surface area contributed by atoms with Gasteiger partial charge in [-0.3, -0.25) is 14.6 Å². The Bertz CT molecular complexity index is 1590. The van der Waals surface area contributed by atoms with Crippen molar-refractivity contribution in [3.05, 3.63) is 47.6 Å². The highest BCUT2D eigenvalue weighted by molar-refractivity contribution is 7.93. The van der Waals surface area contributed by atoms with Gasteiger partial charge in [-0.2, -0.15) is 0 Å². The number of phenolic OH excluding ortho intramolecular Hbond substituents is 1. The van der Waals surface area contributed by atoms with Gasteiger partial charge in [0.05, 0.1) is 38.6 Å². The second kappa shape index (κ2) is 10.1. The van der Waals surface area contributed by atoms with Gasteiger partial charge in [-0.1, -0.05) is 11.8 Å². The minimum absolute atomic E-state index is 0.0329. The van der Waals surface area contributed by atoms with E-state index in [4.69, 9.17) is 14.2 Å². The van der Waals surface area contributed by atoms with Crippen LogP contribution in [0.25, 0.3) is 22.5 Å². The van der Waals surface area contributed by atoms with Crippen LogP contribution < -0.4 is 14.8 Å². The second-order valence-electron chi connectivity index (χ2n) is 7.86. The predicted octanol–water partition coefficient (Wildman–Crippen LogP) is 1.66. The Labute approximate surface area is 211 Å². The van der Waals surface area contributed by atoms with Crippen molar-refractivity contribution in [2.24, 2.45) is 4.99 Å². The Balaban J connectivity index is 1.69. The molecular weight excluding hydrogens is 502 g/mol. The first-order valence-electron chi connectivity index (χ1n) is 11.3. The van der Waals surface area contributed by atoms with E-state index in [1.807, 2.05) is 6.92 Å². The average molecular weight is 526 g/mol. The van der Waals surface area contributed by atoms with E-state index in [0.29, 0.717) is 30.4 Å². The van der Waals surface area contributed by atoms with Crippen LogP contribution in [-0.2, 0) is 19.5 Å². The van der Waals surface area contributed by atoms with Crippen molar-refractivity contribution in [2.45, 2.75) is 18.7 Å². The van der Waals surface area contributed by atoms with E-state index < -0.39 is 15.4 Å². The van der Waals surface area contributed by atoms with E-state index in [0.717, 1.165) is 0 Å². The van der Waals surface area contributed by atoms with Crippen LogP contribution in [0.1, 0.15) is 19.2 Å². The fraction of sp³-hybridized carbons (Fsp3) is 0.304. The number of para-hydroxylation sites is 1. The minimum Gasteiger partial charge on any atom is -0.506 e. The molecule has 0 radical (unpaired) electrons. The smallest absolute Gasteiger partial charge is 0.250 e. The maximum absolute atomic E-state index is 12.9. The topological polar surface area (TPSA) is 162 Å². The number of aromatic nitrogens is 4. The highest BCUT2D eigenvalue weighted by atomic mass is 32.2.